The first-order valence-electron chi connectivity index (χ1n) is 10.6. The van der Waals surface area contributed by atoms with Crippen LogP contribution in [-0.2, 0) is 4.79 Å². The maximum atomic E-state index is 13.0. The van der Waals surface area contributed by atoms with Gasteiger partial charge in [-0.15, -0.1) is 0 Å². The standard InChI is InChI=1S/C27H21Cl2NO5/c1-33-24-10-9-19(20(14-31)25-21(28)12-30-13-22(25)29)26(27(24)34-2)35-15-23(32)18-8-7-16-5-3-4-6-17(16)11-18/h3-14,20H,15H2,1-2H3. The number of benzene rings is 3. The van der Waals surface area contributed by atoms with Gasteiger partial charge in [0.15, 0.2) is 23.9 Å². The number of ether oxygens (including phenoxy) is 3. The van der Waals surface area contributed by atoms with E-state index in [1.54, 1.807) is 18.2 Å². The summed E-state index contributed by atoms with van der Waals surface area (Å²) in [5.41, 5.74) is 1.29. The Morgan fingerprint density at radius 1 is 0.943 bits per heavy atom. The van der Waals surface area contributed by atoms with Gasteiger partial charge >= 0.3 is 0 Å². The van der Waals surface area contributed by atoms with Crippen LogP contribution < -0.4 is 14.2 Å². The van der Waals surface area contributed by atoms with Crippen LogP contribution in [0.1, 0.15) is 27.4 Å². The Morgan fingerprint density at radius 3 is 2.31 bits per heavy atom. The lowest BCUT2D eigenvalue weighted by molar-refractivity contribution is -0.108. The fourth-order valence-corrected chi connectivity index (χ4v) is 4.51. The second-order valence-corrected chi connectivity index (χ2v) is 8.44. The summed E-state index contributed by atoms with van der Waals surface area (Å²) >= 11 is 12.7. The molecule has 1 unspecified atom stereocenters. The molecular formula is C27H21Cl2NO5. The molecule has 178 valence electrons. The van der Waals surface area contributed by atoms with Crippen molar-refractivity contribution in [3.05, 3.63) is 93.7 Å². The van der Waals surface area contributed by atoms with Gasteiger partial charge in [0.1, 0.15) is 6.29 Å². The number of rotatable bonds is 9. The van der Waals surface area contributed by atoms with E-state index in [2.05, 4.69) is 4.98 Å². The molecular weight excluding hydrogens is 489 g/mol. The van der Waals surface area contributed by atoms with Crippen molar-refractivity contribution in [2.75, 3.05) is 20.8 Å². The van der Waals surface area contributed by atoms with E-state index in [4.69, 9.17) is 37.4 Å². The Hall–Kier alpha value is -3.61. The number of carbonyl (C=O) groups is 2. The van der Waals surface area contributed by atoms with Crippen molar-refractivity contribution in [1.29, 1.82) is 0 Å². The van der Waals surface area contributed by atoms with Crippen molar-refractivity contribution in [1.82, 2.24) is 4.98 Å². The summed E-state index contributed by atoms with van der Waals surface area (Å²) in [6.45, 7) is -0.293. The molecule has 0 aliphatic heterocycles. The van der Waals surface area contributed by atoms with E-state index in [9.17, 15) is 9.59 Å². The monoisotopic (exact) mass is 509 g/mol. The van der Waals surface area contributed by atoms with Gasteiger partial charge in [-0.1, -0.05) is 65.7 Å². The summed E-state index contributed by atoms with van der Waals surface area (Å²) in [5.74, 6) is -0.342. The first-order valence-corrected chi connectivity index (χ1v) is 11.4. The Balaban J connectivity index is 1.73. The van der Waals surface area contributed by atoms with Crippen LogP contribution in [0.15, 0.2) is 67.0 Å². The largest absolute Gasteiger partial charge is 0.493 e. The number of nitrogens with zero attached hydrogens (tertiary/aromatic N) is 1. The number of halogens is 2. The molecule has 1 atom stereocenters. The third-order valence-electron chi connectivity index (χ3n) is 5.62. The van der Waals surface area contributed by atoms with Gasteiger partial charge in [0.05, 0.1) is 30.2 Å². The number of hydrogen-bond donors (Lipinski definition) is 0. The average molecular weight is 510 g/mol. The second kappa shape index (κ2) is 10.8. The van der Waals surface area contributed by atoms with E-state index in [1.807, 2.05) is 36.4 Å². The smallest absolute Gasteiger partial charge is 0.203 e. The molecule has 0 N–H and O–H groups in total. The molecule has 0 aliphatic rings. The number of aldehydes is 1. The van der Waals surface area contributed by atoms with Crippen molar-refractivity contribution >= 4 is 46.0 Å². The zero-order chi connectivity index (χ0) is 24.9. The minimum Gasteiger partial charge on any atom is -0.493 e. The average Bonchev–Trinajstić information content (AvgIpc) is 2.88. The van der Waals surface area contributed by atoms with E-state index in [-0.39, 0.29) is 33.9 Å². The number of ketones is 1. The zero-order valence-electron chi connectivity index (χ0n) is 19.0. The van der Waals surface area contributed by atoms with Gasteiger partial charge in [0, 0.05) is 29.1 Å². The SMILES string of the molecule is COc1ccc(C(C=O)c2c(Cl)cncc2Cl)c(OCC(=O)c2ccc3ccccc3c2)c1OC. The lowest BCUT2D eigenvalue weighted by Gasteiger charge is -2.21. The van der Waals surface area contributed by atoms with E-state index in [0.717, 1.165) is 10.8 Å². The number of aromatic nitrogens is 1. The third-order valence-corrected chi connectivity index (χ3v) is 6.22. The minimum absolute atomic E-state index is 0.182. The van der Waals surface area contributed by atoms with Crippen LogP contribution in [-0.4, -0.2) is 37.9 Å². The molecule has 0 saturated heterocycles. The maximum absolute atomic E-state index is 13.0. The highest BCUT2D eigenvalue weighted by Gasteiger charge is 2.28. The molecule has 0 radical (unpaired) electrons. The van der Waals surface area contributed by atoms with E-state index >= 15 is 0 Å². The van der Waals surface area contributed by atoms with Crippen molar-refractivity contribution in [2.24, 2.45) is 0 Å². The molecule has 0 bridgehead atoms. The molecule has 4 aromatic rings. The summed E-state index contributed by atoms with van der Waals surface area (Å²) in [7, 11) is 2.93. The van der Waals surface area contributed by atoms with Crippen LogP contribution >= 0.6 is 23.2 Å². The molecule has 3 aromatic carbocycles. The fraction of sp³-hybridized carbons (Fsp3) is 0.148. The molecule has 0 aliphatic carbocycles. The number of fused-ring (bicyclic) bond motifs is 1. The van der Waals surface area contributed by atoms with E-state index in [0.29, 0.717) is 28.7 Å². The van der Waals surface area contributed by atoms with Gasteiger partial charge in [-0.3, -0.25) is 9.78 Å². The molecule has 4 rings (SSSR count). The van der Waals surface area contributed by atoms with Crippen molar-refractivity contribution in [3.8, 4) is 17.2 Å². The van der Waals surface area contributed by atoms with E-state index in [1.165, 1.54) is 26.6 Å². The normalized spacial score (nSPS) is 11.7. The Labute approximate surface area is 212 Å². The molecule has 35 heavy (non-hydrogen) atoms. The number of Topliss-reactive ketones (excluding diaryl/α,β-unsaturated/α-hetero) is 1. The summed E-state index contributed by atoms with van der Waals surface area (Å²) < 4.78 is 16.9. The maximum Gasteiger partial charge on any atom is 0.203 e. The van der Waals surface area contributed by atoms with Crippen LogP contribution in [0, 0.1) is 0 Å². The first-order chi connectivity index (χ1) is 17.0. The van der Waals surface area contributed by atoms with Crippen molar-refractivity contribution < 1.29 is 23.8 Å². The second-order valence-electron chi connectivity index (χ2n) is 7.62. The quantitative estimate of drug-likeness (QED) is 0.199. The van der Waals surface area contributed by atoms with Crippen LogP contribution in [0.5, 0.6) is 17.2 Å². The fourth-order valence-electron chi connectivity index (χ4n) is 3.91. The van der Waals surface area contributed by atoms with Gasteiger partial charge < -0.3 is 19.0 Å². The highest BCUT2D eigenvalue weighted by Crippen LogP contribution is 2.46. The summed E-state index contributed by atoms with van der Waals surface area (Å²) in [4.78, 5) is 29.2. The van der Waals surface area contributed by atoms with Crippen LogP contribution in [0.2, 0.25) is 10.0 Å². The highest BCUT2D eigenvalue weighted by molar-refractivity contribution is 6.36. The number of carbonyl (C=O) groups excluding carboxylic acids is 2. The lowest BCUT2D eigenvalue weighted by atomic mass is 9.92. The molecule has 1 heterocycles. The van der Waals surface area contributed by atoms with Gasteiger partial charge in [-0.05, 0) is 22.9 Å². The predicted molar refractivity (Wildman–Crippen MR) is 135 cm³/mol. The van der Waals surface area contributed by atoms with Crippen LogP contribution in [0.3, 0.4) is 0 Å². The van der Waals surface area contributed by atoms with E-state index < -0.39 is 5.92 Å². The predicted octanol–water partition coefficient (Wildman–Crippen LogP) is 6.15. The van der Waals surface area contributed by atoms with Crippen LogP contribution in [0.25, 0.3) is 10.8 Å². The topological polar surface area (TPSA) is 74.7 Å². The Kier molecular flexibility index (Phi) is 7.54. The summed E-state index contributed by atoms with van der Waals surface area (Å²) in [6, 6.07) is 16.5. The van der Waals surface area contributed by atoms with Gasteiger partial charge in [-0.2, -0.15) is 0 Å². The number of hydrogen-bond acceptors (Lipinski definition) is 6. The molecule has 0 spiro atoms. The number of methoxy groups -OCH3 is 2. The minimum atomic E-state index is -0.899. The molecule has 0 amide bonds. The third kappa shape index (κ3) is 4.94. The molecule has 6 nitrogen and oxygen atoms in total. The molecule has 0 saturated carbocycles. The zero-order valence-corrected chi connectivity index (χ0v) is 20.5. The van der Waals surface area contributed by atoms with Gasteiger partial charge in [0.2, 0.25) is 5.75 Å². The molecule has 0 fully saturated rings. The number of pyridine rings is 1. The highest BCUT2D eigenvalue weighted by atomic mass is 35.5. The van der Waals surface area contributed by atoms with Crippen LogP contribution in [0.4, 0.5) is 0 Å². The lowest BCUT2D eigenvalue weighted by Crippen LogP contribution is -2.15. The van der Waals surface area contributed by atoms with Gasteiger partial charge in [0.25, 0.3) is 0 Å². The first kappa shape index (κ1) is 24.5. The van der Waals surface area contributed by atoms with Crippen molar-refractivity contribution in [3.63, 3.8) is 0 Å². The Morgan fingerprint density at radius 2 is 1.66 bits per heavy atom. The molecule has 1 aromatic heterocycles. The van der Waals surface area contributed by atoms with Gasteiger partial charge in [-0.25, -0.2) is 0 Å². The molecule has 8 heteroatoms. The summed E-state index contributed by atoms with van der Waals surface area (Å²) in [5, 5.41) is 2.42. The van der Waals surface area contributed by atoms with Crippen molar-refractivity contribution in [2.45, 2.75) is 5.92 Å². The summed E-state index contributed by atoms with van der Waals surface area (Å²) in [6.07, 6.45) is 3.51. The Bertz CT molecular complexity index is 1390.